The molecule has 0 amide bonds. The van der Waals surface area contributed by atoms with E-state index in [1.165, 1.54) is 0 Å². The zero-order chi connectivity index (χ0) is 8.69. The molecule has 0 atom stereocenters. The van der Waals surface area contributed by atoms with Crippen LogP contribution in [0.1, 0.15) is 6.92 Å². The van der Waals surface area contributed by atoms with Crippen molar-refractivity contribution in [3.63, 3.8) is 0 Å². The van der Waals surface area contributed by atoms with Crippen LogP contribution in [0, 0.1) is 0 Å². The van der Waals surface area contributed by atoms with Gasteiger partial charge in [-0.3, -0.25) is 0 Å². The summed E-state index contributed by atoms with van der Waals surface area (Å²) in [5.74, 6) is 0. The average Bonchev–Trinajstić information content (AvgIpc) is 1.97. The average molecular weight is 154 g/mol. The maximum atomic E-state index is 9.91. The van der Waals surface area contributed by atoms with Crippen LogP contribution in [0.4, 0.5) is 0 Å². The Morgan fingerprint density at radius 3 is 2.55 bits per heavy atom. The van der Waals surface area contributed by atoms with Gasteiger partial charge in [-0.1, -0.05) is 13.2 Å². The third kappa shape index (κ3) is 6.64. The van der Waals surface area contributed by atoms with Crippen molar-refractivity contribution < 1.29 is 4.79 Å². The van der Waals surface area contributed by atoms with E-state index in [1.54, 1.807) is 0 Å². The summed E-state index contributed by atoms with van der Waals surface area (Å²) in [6.45, 7) is 10.1. The number of hydrogen-bond donors (Lipinski definition) is 2. The minimum Gasteiger partial charge on any atom is -0.384 e. The van der Waals surface area contributed by atoms with E-state index in [-0.39, 0.29) is 0 Å². The highest BCUT2D eigenvalue weighted by atomic mass is 16.1. The molecule has 0 aromatic heterocycles. The van der Waals surface area contributed by atoms with Crippen molar-refractivity contribution in [2.45, 2.75) is 6.92 Å². The molecule has 0 heterocycles. The first kappa shape index (κ1) is 9.75. The minimum absolute atomic E-state index is 0.316. The van der Waals surface area contributed by atoms with Gasteiger partial charge in [0, 0.05) is 11.4 Å². The molecule has 0 unspecified atom stereocenters. The molecule has 0 saturated carbocycles. The first-order chi connectivity index (χ1) is 5.16. The summed E-state index contributed by atoms with van der Waals surface area (Å²) in [6, 6.07) is 0. The Morgan fingerprint density at radius 2 is 2.09 bits per heavy atom. The molecular weight excluding hydrogens is 140 g/mol. The van der Waals surface area contributed by atoms with Crippen LogP contribution in [0.3, 0.4) is 0 Å². The van der Waals surface area contributed by atoms with Crippen LogP contribution in [0.15, 0.2) is 24.6 Å². The lowest BCUT2D eigenvalue weighted by atomic mass is 10.4. The molecule has 0 bridgehead atoms. The highest BCUT2D eigenvalue weighted by molar-refractivity contribution is 5.52. The molecule has 0 aromatic rings. The zero-order valence-corrected chi connectivity index (χ0v) is 6.81. The summed E-state index contributed by atoms with van der Waals surface area (Å²) >= 11 is 0. The zero-order valence-electron chi connectivity index (χ0n) is 6.81. The van der Waals surface area contributed by atoms with E-state index in [0.717, 1.165) is 17.7 Å². The van der Waals surface area contributed by atoms with Crippen molar-refractivity contribution >= 4 is 6.29 Å². The fraction of sp³-hybridized carbons (Fsp3) is 0.375. The Morgan fingerprint density at radius 1 is 1.45 bits per heavy atom. The van der Waals surface area contributed by atoms with Crippen molar-refractivity contribution in [3.05, 3.63) is 24.6 Å². The summed E-state index contributed by atoms with van der Waals surface area (Å²) in [6.07, 6.45) is 0.798. The van der Waals surface area contributed by atoms with Gasteiger partial charge in [-0.25, -0.2) is 0 Å². The van der Waals surface area contributed by atoms with Crippen molar-refractivity contribution in [3.8, 4) is 0 Å². The first-order valence-electron chi connectivity index (χ1n) is 3.41. The Hall–Kier alpha value is -1.25. The fourth-order valence-electron chi connectivity index (χ4n) is 0.506. The molecule has 62 valence electrons. The highest BCUT2D eigenvalue weighted by Crippen LogP contribution is 1.83. The lowest BCUT2D eigenvalue weighted by Gasteiger charge is -2.08. The maximum absolute atomic E-state index is 9.91. The van der Waals surface area contributed by atoms with E-state index in [2.05, 4.69) is 23.8 Å². The van der Waals surface area contributed by atoms with E-state index >= 15 is 0 Å². The van der Waals surface area contributed by atoms with Gasteiger partial charge in [0.25, 0.3) is 0 Å². The third-order valence-corrected chi connectivity index (χ3v) is 1.04. The molecule has 2 N–H and O–H groups in total. The van der Waals surface area contributed by atoms with Gasteiger partial charge in [-0.2, -0.15) is 0 Å². The molecule has 11 heavy (non-hydrogen) atoms. The predicted octanol–water partition coefficient (Wildman–Crippen LogP) is 0.412. The standard InChI is InChI=1S/C8H14N2O/c1-7(2)10-6-8(3)9-4-5-11/h5,9-10H,1,3-4,6H2,2H3. The fourth-order valence-corrected chi connectivity index (χ4v) is 0.506. The predicted molar refractivity (Wildman–Crippen MR) is 46.0 cm³/mol. The van der Waals surface area contributed by atoms with Crippen LogP contribution in [-0.4, -0.2) is 19.4 Å². The van der Waals surface area contributed by atoms with Gasteiger partial charge >= 0.3 is 0 Å². The lowest BCUT2D eigenvalue weighted by Crippen LogP contribution is -2.24. The van der Waals surface area contributed by atoms with Gasteiger partial charge in [0.1, 0.15) is 6.29 Å². The van der Waals surface area contributed by atoms with Crippen molar-refractivity contribution in [2.75, 3.05) is 13.1 Å². The summed E-state index contributed by atoms with van der Waals surface area (Å²) in [4.78, 5) is 9.91. The molecule has 0 aromatic carbocycles. The van der Waals surface area contributed by atoms with E-state index in [4.69, 9.17) is 0 Å². The van der Waals surface area contributed by atoms with Gasteiger partial charge in [-0.05, 0) is 6.92 Å². The number of nitrogens with one attached hydrogen (secondary N) is 2. The largest absolute Gasteiger partial charge is 0.384 e. The second-order valence-corrected chi connectivity index (χ2v) is 2.29. The Kier molecular flexibility index (Phi) is 4.90. The van der Waals surface area contributed by atoms with Crippen LogP contribution >= 0.6 is 0 Å². The van der Waals surface area contributed by atoms with Crippen LogP contribution in [0.25, 0.3) is 0 Å². The number of carbonyl (C=O) groups excluding carboxylic acids is 1. The molecular formula is C8H14N2O. The van der Waals surface area contributed by atoms with Crippen molar-refractivity contribution in [2.24, 2.45) is 0 Å². The minimum atomic E-state index is 0.316. The smallest absolute Gasteiger partial charge is 0.139 e. The quantitative estimate of drug-likeness (QED) is 0.544. The monoisotopic (exact) mass is 154 g/mol. The number of carbonyl (C=O) groups is 1. The molecule has 0 fully saturated rings. The molecule has 0 aliphatic heterocycles. The molecule has 0 aliphatic rings. The molecule has 0 aliphatic carbocycles. The number of hydrogen-bond acceptors (Lipinski definition) is 3. The summed E-state index contributed by atoms with van der Waals surface area (Å²) < 4.78 is 0. The summed E-state index contributed by atoms with van der Waals surface area (Å²) in [5, 5.41) is 5.80. The second-order valence-electron chi connectivity index (χ2n) is 2.29. The number of rotatable bonds is 6. The van der Waals surface area contributed by atoms with Crippen molar-refractivity contribution in [1.82, 2.24) is 10.6 Å². The Labute approximate surface area is 67.2 Å². The number of allylic oxidation sites excluding steroid dienone is 1. The number of aldehydes is 1. The van der Waals surface area contributed by atoms with E-state index in [0.29, 0.717) is 13.1 Å². The molecule has 0 spiro atoms. The molecule has 0 saturated heterocycles. The Balaban J connectivity index is 3.37. The first-order valence-corrected chi connectivity index (χ1v) is 3.41. The molecule has 0 radical (unpaired) electrons. The lowest BCUT2D eigenvalue weighted by molar-refractivity contribution is -0.107. The van der Waals surface area contributed by atoms with E-state index < -0.39 is 0 Å². The normalized spacial score (nSPS) is 8.45. The SMILES string of the molecule is C=C(C)NCC(=C)NCC=O. The van der Waals surface area contributed by atoms with Crippen LogP contribution in [0.2, 0.25) is 0 Å². The van der Waals surface area contributed by atoms with Gasteiger partial charge in [0.05, 0.1) is 13.1 Å². The van der Waals surface area contributed by atoms with Crippen LogP contribution in [-0.2, 0) is 4.79 Å². The summed E-state index contributed by atoms with van der Waals surface area (Å²) in [7, 11) is 0. The Bertz CT molecular complexity index is 163. The van der Waals surface area contributed by atoms with E-state index in [9.17, 15) is 4.79 Å². The molecule has 3 heteroatoms. The van der Waals surface area contributed by atoms with Gasteiger partial charge in [-0.15, -0.1) is 0 Å². The van der Waals surface area contributed by atoms with Crippen LogP contribution in [0.5, 0.6) is 0 Å². The van der Waals surface area contributed by atoms with E-state index in [1.807, 2.05) is 6.92 Å². The summed E-state index contributed by atoms with van der Waals surface area (Å²) in [5.41, 5.74) is 1.68. The van der Waals surface area contributed by atoms with Crippen molar-refractivity contribution in [1.29, 1.82) is 0 Å². The molecule has 0 rings (SSSR count). The second kappa shape index (κ2) is 5.53. The molecule has 3 nitrogen and oxygen atoms in total. The third-order valence-electron chi connectivity index (χ3n) is 1.04. The highest BCUT2D eigenvalue weighted by Gasteiger charge is 1.90. The maximum Gasteiger partial charge on any atom is 0.139 e. The van der Waals surface area contributed by atoms with Gasteiger partial charge < -0.3 is 15.4 Å². The van der Waals surface area contributed by atoms with Crippen LogP contribution < -0.4 is 10.6 Å². The van der Waals surface area contributed by atoms with Gasteiger partial charge in [0.15, 0.2) is 0 Å². The topological polar surface area (TPSA) is 41.1 Å². The van der Waals surface area contributed by atoms with Gasteiger partial charge in [0.2, 0.25) is 0 Å².